The molecule has 6 nitrogen and oxygen atoms in total. The molecule has 1 aliphatic rings. The smallest absolute Gasteiger partial charge is 0.251 e. The molecule has 2 N–H and O–H groups in total. The first-order valence-corrected chi connectivity index (χ1v) is 9.43. The Morgan fingerprint density at radius 1 is 1.14 bits per heavy atom. The van der Waals surface area contributed by atoms with Gasteiger partial charge in [-0.05, 0) is 43.9 Å². The number of hydrogen-bond donors (Lipinski definition) is 2. The number of nitrogens with zero attached hydrogens (tertiary/aromatic N) is 3. The lowest BCUT2D eigenvalue weighted by atomic mass is 9.91. The minimum Gasteiger partial charge on any atom is -0.361 e. The van der Waals surface area contributed by atoms with E-state index in [1.54, 1.807) is 6.20 Å². The van der Waals surface area contributed by atoms with Gasteiger partial charge in [0.15, 0.2) is 17.5 Å². The lowest BCUT2D eigenvalue weighted by Gasteiger charge is -2.30. The summed E-state index contributed by atoms with van der Waals surface area (Å²) in [6.07, 6.45) is 4.75. The topological polar surface area (TPSA) is 70.2 Å². The van der Waals surface area contributed by atoms with E-state index in [0.717, 1.165) is 37.8 Å². The lowest BCUT2D eigenvalue weighted by Crippen LogP contribution is -2.40. The molecule has 2 aromatic rings. The van der Waals surface area contributed by atoms with Crippen LogP contribution in [0.25, 0.3) is 0 Å². The van der Waals surface area contributed by atoms with Crippen molar-refractivity contribution in [3.63, 3.8) is 0 Å². The molecule has 0 saturated heterocycles. The van der Waals surface area contributed by atoms with Gasteiger partial charge in [0.2, 0.25) is 5.95 Å². The third-order valence-corrected chi connectivity index (χ3v) is 4.99. The maximum Gasteiger partial charge on any atom is 0.251 e. The molecular formula is C19H23Cl2F2N5O. The number of nitrogens with one attached hydrogen (secondary N) is 2. The Morgan fingerprint density at radius 3 is 2.41 bits per heavy atom. The van der Waals surface area contributed by atoms with E-state index in [1.807, 2.05) is 19.0 Å². The fourth-order valence-electron chi connectivity index (χ4n) is 3.21. The summed E-state index contributed by atoms with van der Waals surface area (Å²) in [5, 5.41) is 6.68. The summed E-state index contributed by atoms with van der Waals surface area (Å²) in [6, 6.07) is 3.33. The quantitative estimate of drug-likeness (QED) is 0.726. The molecule has 1 fully saturated rings. The van der Waals surface area contributed by atoms with Crippen molar-refractivity contribution in [3.8, 4) is 0 Å². The number of hydrogen-bond acceptors (Lipinski definition) is 5. The van der Waals surface area contributed by atoms with Gasteiger partial charge in [0.05, 0.1) is 6.20 Å². The van der Waals surface area contributed by atoms with Crippen LogP contribution in [-0.4, -0.2) is 42.1 Å². The van der Waals surface area contributed by atoms with Crippen LogP contribution in [0.1, 0.15) is 36.0 Å². The summed E-state index contributed by atoms with van der Waals surface area (Å²) in [5.41, 5.74) is 0.116. The fourth-order valence-corrected chi connectivity index (χ4v) is 3.47. The second-order valence-electron chi connectivity index (χ2n) is 7.05. The first-order valence-electron chi connectivity index (χ1n) is 9.06. The highest BCUT2D eigenvalue weighted by molar-refractivity contribution is 6.32. The van der Waals surface area contributed by atoms with Gasteiger partial charge >= 0.3 is 0 Å². The summed E-state index contributed by atoms with van der Waals surface area (Å²) >= 11 is 6.09. The van der Waals surface area contributed by atoms with E-state index in [1.165, 1.54) is 6.07 Å². The van der Waals surface area contributed by atoms with Crippen LogP contribution in [0.4, 0.5) is 20.5 Å². The van der Waals surface area contributed by atoms with Crippen LogP contribution in [-0.2, 0) is 0 Å². The SMILES string of the molecule is CN(C)c1nc(NC2CCC(NC(=O)c3ccc(F)c(F)c3)CC2)ncc1Cl.Cl. The molecule has 158 valence electrons. The van der Waals surface area contributed by atoms with Crippen molar-refractivity contribution in [2.24, 2.45) is 0 Å². The molecular weight excluding hydrogens is 423 g/mol. The van der Waals surface area contributed by atoms with Gasteiger partial charge in [-0.2, -0.15) is 4.98 Å². The second kappa shape index (κ2) is 10.0. The fraction of sp³-hybridized carbons (Fsp3) is 0.421. The Balaban J connectivity index is 0.00000300. The number of anilines is 2. The van der Waals surface area contributed by atoms with Gasteiger partial charge in [0, 0.05) is 31.7 Å². The van der Waals surface area contributed by atoms with E-state index >= 15 is 0 Å². The van der Waals surface area contributed by atoms with E-state index in [9.17, 15) is 13.6 Å². The molecule has 1 heterocycles. The zero-order valence-electron chi connectivity index (χ0n) is 16.1. The summed E-state index contributed by atoms with van der Waals surface area (Å²) in [7, 11) is 3.72. The molecule has 3 rings (SSSR count). The minimum atomic E-state index is -1.03. The molecule has 1 amide bonds. The van der Waals surface area contributed by atoms with Crippen molar-refractivity contribution in [1.29, 1.82) is 0 Å². The van der Waals surface area contributed by atoms with E-state index in [0.29, 0.717) is 16.8 Å². The molecule has 0 atom stereocenters. The highest BCUT2D eigenvalue weighted by Gasteiger charge is 2.24. The molecule has 0 unspecified atom stereocenters. The van der Waals surface area contributed by atoms with E-state index in [-0.39, 0.29) is 30.1 Å². The van der Waals surface area contributed by atoms with Crippen LogP contribution < -0.4 is 15.5 Å². The second-order valence-corrected chi connectivity index (χ2v) is 7.46. The van der Waals surface area contributed by atoms with Crippen molar-refractivity contribution in [1.82, 2.24) is 15.3 Å². The molecule has 0 spiro atoms. The molecule has 1 saturated carbocycles. The Hall–Kier alpha value is -2.19. The zero-order valence-corrected chi connectivity index (χ0v) is 17.7. The molecule has 0 bridgehead atoms. The van der Waals surface area contributed by atoms with E-state index in [4.69, 9.17) is 11.6 Å². The lowest BCUT2D eigenvalue weighted by molar-refractivity contribution is 0.0926. The standard InChI is InChI=1S/C19H22ClF2N5O.ClH/c1-27(2)17-14(20)10-23-19(26-17)25-13-6-4-12(5-7-13)24-18(28)11-3-8-15(21)16(22)9-11;/h3,8-10,12-13H,4-7H2,1-2H3,(H,24,28)(H,23,25,26);1H. The van der Waals surface area contributed by atoms with E-state index in [2.05, 4.69) is 20.6 Å². The average molecular weight is 446 g/mol. The van der Waals surface area contributed by atoms with Gasteiger partial charge in [-0.25, -0.2) is 13.8 Å². The number of aromatic nitrogens is 2. The maximum absolute atomic E-state index is 13.3. The molecule has 0 aliphatic heterocycles. The normalized spacial score (nSPS) is 18.5. The molecule has 1 aliphatic carbocycles. The number of halogens is 4. The molecule has 10 heteroatoms. The largest absolute Gasteiger partial charge is 0.361 e. The van der Waals surface area contributed by atoms with Gasteiger partial charge in [-0.1, -0.05) is 11.6 Å². The van der Waals surface area contributed by atoms with Gasteiger partial charge < -0.3 is 15.5 Å². The van der Waals surface area contributed by atoms with Crippen LogP contribution in [0.5, 0.6) is 0 Å². The number of rotatable bonds is 5. The van der Waals surface area contributed by atoms with Crippen LogP contribution in [0.15, 0.2) is 24.4 Å². The van der Waals surface area contributed by atoms with Crippen LogP contribution in [0.3, 0.4) is 0 Å². The summed E-state index contributed by atoms with van der Waals surface area (Å²) < 4.78 is 26.3. The van der Waals surface area contributed by atoms with Crippen molar-refractivity contribution in [2.75, 3.05) is 24.3 Å². The Kier molecular flexibility index (Phi) is 7.98. The van der Waals surface area contributed by atoms with Gasteiger partial charge in [-0.3, -0.25) is 4.79 Å². The predicted molar refractivity (Wildman–Crippen MR) is 112 cm³/mol. The number of amides is 1. The Bertz CT molecular complexity index is 860. The maximum atomic E-state index is 13.3. The summed E-state index contributed by atoms with van der Waals surface area (Å²) in [6.45, 7) is 0. The Labute approximate surface area is 179 Å². The number of carbonyl (C=O) groups excluding carboxylic acids is 1. The molecule has 1 aromatic carbocycles. The summed E-state index contributed by atoms with van der Waals surface area (Å²) in [4.78, 5) is 22.7. The van der Waals surface area contributed by atoms with Crippen LogP contribution in [0, 0.1) is 11.6 Å². The van der Waals surface area contributed by atoms with Crippen LogP contribution >= 0.6 is 24.0 Å². The highest BCUT2D eigenvalue weighted by atomic mass is 35.5. The van der Waals surface area contributed by atoms with Crippen molar-refractivity contribution < 1.29 is 13.6 Å². The first kappa shape index (κ1) is 23.1. The van der Waals surface area contributed by atoms with Gasteiger partial charge in [0.1, 0.15) is 5.02 Å². The van der Waals surface area contributed by atoms with Crippen molar-refractivity contribution in [2.45, 2.75) is 37.8 Å². The zero-order chi connectivity index (χ0) is 20.3. The van der Waals surface area contributed by atoms with Crippen LogP contribution in [0.2, 0.25) is 5.02 Å². The summed E-state index contributed by atoms with van der Waals surface area (Å²) in [5.74, 6) is -1.23. The van der Waals surface area contributed by atoms with Crippen molar-refractivity contribution >= 4 is 41.7 Å². The average Bonchev–Trinajstić information content (AvgIpc) is 2.66. The molecule has 29 heavy (non-hydrogen) atoms. The molecule has 1 aromatic heterocycles. The third kappa shape index (κ3) is 5.90. The number of carbonyl (C=O) groups is 1. The Morgan fingerprint density at radius 2 is 1.79 bits per heavy atom. The predicted octanol–water partition coefficient (Wildman–Crippen LogP) is 4.05. The van der Waals surface area contributed by atoms with E-state index < -0.39 is 17.5 Å². The number of benzene rings is 1. The highest BCUT2D eigenvalue weighted by Crippen LogP contribution is 2.25. The first-order chi connectivity index (χ1) is 13.3. The molecule has 0 radical (unpaired) electrons. The van der Waals surface area contributed by atoms with Gasteiger partial charge in [-0.15, -0.1) is 12.4 Å². The third-order valence-electron chi connectivity index (χ3n) is 4.73. The van der Waals surface area contributed by atoms with Gasteiger partial charge in [0.25, 0.3) is 5.91 Å². The monoisotopic (exact) mass is 445 g/mol. The van der Waals surface area contributed by atoms with Crippen molar-refractivity contribution in [3.05, 3.63) is 46.6 Å². The minimum absolute atomic E-state index is 0.